The van der Waals surface area contributed by atoms with Gasteiger partial charge in [0, 0.05) is 14.5 Å². The van der Waals surface area contributed by atoms with E-state index in [1.165, 1.54) is 9.13 Å². The molecule has 0 aliphatic rings. The van der Waals surface area contributed by atoms with Crippen LogP contribution in [0.2, 0.25) is 0 Å². The zero-order chi connectivity index (χ0) is 10.7. The number of hydrogen-bond acceptors (Lipinski definition) is 1. The summed E-state index contributed by atoms with van der Waals surface area (Å²) in [5.74, 6) is 0. The van der Waals surface area contributed by atoms with Crippen LogP contribution < -0.4 is 4.72 Å². The smallest absolute Gasteiger partial charge is 0.119 e. The lowest BCUT2D eigenvalue weighted by Crippen LogP contribution is -2.14. The molecule has 0 fully saturated rings. The van der Waals surface area contributed by atoms with Crippen LogP contribution in [-0.4, -0.2) is 9.46 Å². The maximum absolute atomic E-state index is 11.5. The van der Waals surface area contributed by atoms with Gasteiger partial charge in [-0.15, -0.1) is 0 Å². The van der Waals surface area contributed by atoms with E-state index in [4.69, 9.17) is 0 Å². The van der Waals surface area contributed by atoms with Crippen LogP contribution in [-0.2, 0) is 11.0 Å². The maximum Gasteiger partial charge on any atom is 0.119 e. The molecule has 1 aromatic rings. The SMILES string of the molecule is Cc1ccc(NS(=O)C(C)C)cc1I. The molecular weight excluding hydrogens is 309 g/mol. The predicted octanol–water partition coefficient (Wildman–Crippen LogP) is 3.08. The molecule has 0 amide bonds. The number of hydrogen-bond donors (Lipinski definition) is 1. The molecule has 0 aromatic heterocycles. The summed E-state index contributed by atoms with van der Waals surface area (Å²) in [6.07, 6.45) is 0. The fraction of sp³-hybridized carbons (Fsp3) is 0.400. The topological polar surface area (TPSA) is 29.1 Å². The highest BCUT2D eigenvalue weighted by Gasteiger charge is 2.05. The summed E-state index contributed by atoms with van der Waals surface area (Å²) in [6, 6.07) is 6.00. The van der Waals surface area contributed by atoms with E-state index in [1.54, 1.807) is 0 Å². The van der Waals surface area contributed by atoms with Crippen molar-refractivity contribution in [2.75, 3.05) is 4.72 Å². The van der Waals surface area contributed by atoms with Crippen LogP contribution in [0.25, 0.3) is 0 Å². The Kier molecular flexibility index (Phi) is 4.37. The molecule has 0 saturated heterocycles. The summed E-state index contributed by atoms with van der Waals surface area (Å²) in [7, 11) is -0.991. The number of rotatable bonds is 3. The average molecular weight is 323 g/mol. The maximum atomic E-state index is 11.5. The zero-order valence-electron chi connectivity index (χ0n) is 8.50. The minimum Gasteiger partial charge on any atom is -0.305 e. The van der Waals surface area contributed by atoms with Crippen LogP contribution >= 0.6 is 22.6 Å². The summed E-state index contributed by atoms with van der Waals surface area (Å²) in [5, 5.41) is 0.133. The molecule has 0 aliphatic heterocycles. The van der Waals surface area contributed by atoms with Crippen molar-refractivity contribution in [3.8, 4) is 0 Å². The highest BCUT2D eigenvalue weighted by atomic mass is 127. The van der Waals surface area contributed by atoms with Gasteiger partial charge in [-0.2, -0.15) is 0 Å². The predicted molar refractivity (Wildman–Crippen MR) is 70.8 cm³/mol. The average Bonchev–Trinajstić information content (AvgIpc) is 2.11. The van der Waals surface area contributed by atoms with Gasteiger partial charge in [0.25, 0.3) is 0 Å². The van der Waals surface area contributed by atoms with Gasteiger partial charge in [0.1, 0.15) is 11.0 Å². The van der Waals surface area contributed by atoms with E-state index in [-0.39, 0.29) is 5.25 Å². The second kappa shape index (κ2) is 5.11. The fourth-order valence-electron chi connectivity index (χ4n) is 0.890. The number of nitrogens with one attached hydrogen (secondary N) is 1. The first-order valence-electron chi connectivity index (χ1n) is 4.44. The first-order valence-corrected chi connectivity index (χ1v) is 6.73. The van der Waals surface area contributed by atoms with E-state index in [0.29, 0.717) is 0 Å². The number of aryl methyl sites for hydroxylation is 1. The molecule has 0 radical (unpaired) electrons. The molecule has 1 rings (SSSR count). The Morgan fingerprint density at radius 3 is 2.57 bits per heavy atom. The van der Waals surface area contributed by atoms with E-state index in [1.807, 2.05) is 32.0 Å². The van der Waals surface area contributed by atoms with Gasteiger partial charge in [0.15, 0.2) is 0 Å². The molecule has 0 spiro atoms. The van der Waals surface area contributed by atoms with Crippen molar-refractivity contribution in [1.82, 2.24) is 0 Å². The third-order valence-electron chi connectivity index (χ3n) is 1.82. The highest BCUT2D eigenvalue weighted by Crippen LogP contribution is 2.17. The van der Waals surface area contributed by atoms with Gasteiger partial charge in [-0.1, -0.05) is 6.07 Å². The molecule has 1 atom stereocenters. The van der Waals surface area contributed by atoms with Crippen molar-refractivity contribution >= 4 is 39.3 Å². The number of anilines is 1. The second-order valence-corrected chi connectivity index (χ2v) is 6.32. The van der Waals surface area contributed by atoms with Crippen molar-refractivity contribution in [2.24, 2.45) is 0 Å². The van der Waals surface area contributed by atoms with Gasteiger partial charge in [0.05, 0.1) is 0 Å². The van der Waals surface area contributed by atoms with Crippen molar-refractivity contribution < 1.29 is 4.21 Å². The molecule has 1 aromatic carbocycles. The van der Waals surface area contributed by atoms with E-state index >= 15 is 0 Å². The van der Waals surface area contributed by atoms with Gasteiger partial charge in [-0.25, -0.2) is 4.21 Å². The molecule has 0 heterocycles. The highest BCUT2D eigenvalue weighted by molar-refractivity contribution is 14.1. The minimum absolute atomic E-state index is 0.133. The van der Waals surface area contributed by atoms with Crippen LogP contribution in [0.3, 0.4) is 0 Å². The zero-order valence-corrected chi connectivity index (χ0v) is 11.5. The molecule has 0 saturated carbocycles. The normalized spacial score (nSPS) is 12.9. The lowest BCUT2D eigenvalue weighted by molar-refractivity contribution is 0.680. The van der Waals surface area contributed by atoms with Gasteiger partial charge in [0.2, 0.25) is 0 Å². The molecule has 14 heavy (non-hydrogen) atoms. The molecule has 4 heteroatoms. The minimum atomic E-state index is -0.991. The van der Waals surface area contributed by atoms with Crippen LogP contribution in [0.4, 0.5) is 5.69 Å². The lowest BCUT2D eigenvalue weighted by Gasteiger charge is -2.09. The Bertz CT molecular complexity index is 352. The van der Waals surface area contributed by atoms with Crippen molar-refractivity contribution in [3.63, 3.8) is 0 Å². The van der Waals surface area contributed by atoms with Crippen LogP contribution in [0.1, 0.15) is 19.4 Å². The lowest BCUT2D eigenvalue weighted by atomic mass is 10.2. The number of benzene rings is 1. The standard InChI is InChI=1S/C10H14INOS/c1-7(2)14(13)12-9-5-4-8(3)10(11)6-9/h4-7,12H,1-3H3. The fourth-order valence-corrected chi connectivity index (χ4v) is 2.00. The first kappa shape index (κ1) is 12.0. The molecule has 78 valence electrons. The van der Waals surface area contributed by atoms with Gasteiger partial charge in [-0.05, 0) is 61.1 Å². The summed E-state index contributed by atoms with van der Waals surface area (Å²) in [4.78, 5) is 0. The van der Waals surface area contributed by atoms with Crippen molar-refractivity contribution in [2.45, 2.75) is 26.0 Å². The Morgan fingerprint density at radius 1 is 1.43 bits per heavy atom. The first-order chi connectivity index (χ1) is 6.50. The van der Waals surface area contributed by atoms with Crippen molar-refractivity contribution in [3.05, 3.63) is 27.3 Å². The Morgan fingerprint density at radius 2 is 2.07 bits per heavy atom. The molecular formula is C10H14INOS. The Labute approximate surface area is 101 Å². The summed E-state index contributed by atoms with van der Waals surface area (Å²) >= 11 is 2.28. The van der Waals surface area contributed by atoms with Crippen LogP contribution in [0, 0.1) is 10.5 Å². The van der Waals surface area contributed by atoms with Gasteiger partial charge < -0.3 is 4.72 Å². The molecule has 1 N–H and O–H groups in total. The summed E-state index contributed by atoms with van der Waals surface area (Å²) in [5.41, 5.74) is 2.17. The quantitative estimate of drug-likeness (QED) is 0.851. The summed E-state index contributed by atoms with van der Waals surface area (Å²) in [6.45, 7) is 5.93. The molecule has 2 nitrogen and oxygen atoms in total. The van der Waals surface area contributed by atoms with Crippen LogP contribution in [0.15, 0.2) is 18.2 Å². The van der Waals surface area contributed by atoms with E-state index < -0.39 is 11.0 Å². The van der Waals surface area contributed by atoms with Gasteiger partial charge in [-0.3, -0.25) is 0 Å². The van der Waals surface area contributed by atoms with Gasteiger partial charge >= 0.3 is 0 Å². The molecule has 0 aliphatic carbocycles. The largest absolute Gasteiger partial charge is 0.305 e. The summed E-state index contributed by atoms with van der Waals surface area (Å²) < 4.78 is 15.7. The molecule has 1 unspecified atom stereocenters. The Hall–Kier alpha value is -0.100. The second-order valence-electron chi connectivity index (χ2n) is 3.41. The molecule has 0 bridgehead atoms. The third kappa shape index (κ3) is 3.24. The van der Waals surface area contributed by atoms with E-state index in [2.05, 4.69) is 34.2 Å². The number of halogens is 1. The van der Waals surface area contributed by atoms with Crippen molar-refractivity contribution in [1.29, 1.82) is 0 Å². The Balaban J connectivity index is 2.78. The van der Waals surface area contributed by atoms with Crippen LogP contribution in [0.5, 0.6) is 0 Å². The van der Waals surface area contributed by atoms with E-state index in [0.717, 1.165) is 5.69 Å². The van der Waals surface area contributed by atoms with E-state index in [9.17, 15) is 4.21 Å². The monoisotopic (exact) mass is 323 g/mol. The third-order valence-corrected chi connectivity index (χ3v) is 4.27.